The standard InChI is InChI=1S/C15H21FN2O2S/c1-10-7-14(21(19,20)18(2)13-5-6-13)8-11(15(10)16)9-17-12-3-4-12/h7-8,12-13,17H,3-6,9H2,1-2H3. The number of sulfonamides is 1. The number of nitrogens with one attached hydrogen (secondary N) is 1. The lowest BCUT2D eigenvalue weighted by Crippen LogP contribution is -2.29. The molecule has 0 amide bonds. The molecule has 0 unspecified atom stereocenters. The number of rotatable bonds is 6. The van der Waals surface area contributed by atoms with Crippen LogP contribution in [0.25, 0.3) is 0 Å². The molecule has 1 aromatic carbocycles. The van der Waals surface area contributed by atoms with Gasteiger partial charge in [0.1, 0.15) is 5.82 Å². The zero-order chi connectivity index (χ0) is 15.2. The normalized spacial score (nSPS) is 19.2. The number of nitrogens with zero attached hydrogens (tertiary/aromatic N) is 1. The smallest absolute Gasteiger partial charge is 0.243 e. The fourth-order valence-electron chi connectivity index (χ4n) is 2.43. The summed E-state index contributed by atoms with van der Waals surface area (Å²) < 4.78 is 40.7. The highest BCUT2D eigenvalue weighted by molar-refractivity contribution is 7.89. The van der Waals surface area contributed by atoms with Crippen LogP contribution in [0.1, 0.15) is 36.8 Å². The molecule has 4 nitrogen and oxygen atoms in total. The van der Waals surface area contributed by atoms with Crippen LogP contribution in [-0.2, 0) is 16.6 Å². The summed E-state index contributed by atoms with van der Waals surface area (Å²) in [6.07, 6.45) is 4.05. The molecule has 21 heavy (non-hydrogen) atoms. The Labute approximate surface area is 125 Å². The summed E-state index contributed by atoms with van der Waals surface area (Å²) in [5.74, 6) is -0.309. The second-order valence-electron chi connectivity index (χ2n) is 6.12. The highest BCUT2D eigenvalue weighted by Crippen LogP contribution is 2.31. The van der Waals surface area contributed by atoms with Crippen molar-refractivity contribution in [3.63, 3.8) is 0 Å². The van der Waals surface area contributed by atoms with E-state index in [0.29, 0.717) is 23.7 Å². The van der Waals surface area contributed by atoms with Crippen molar-refractivity contribution in [2.75, 3.05) is 7.05 Å². The van der Waals surface area contributed by atoms with Crippen LogP contribution >= 0.6 is 0 Å². The van der Waals surface area contributed by atoms with Crippen LogP contribution in [0.5, 0.6) is 0 Å². The first-order valence-corrected chi connectivity index (χ1v) is 8.84. The zero-order valence-corrected chi connectivity index (χ0v) is 13.2. The van der Waals surface area contributed by atoms with E-state index >= 15 is 0 Å². The van der Waals surface area contributed by atoms with E-state index in [2.05, 4.69) is 5.32 Å². The lowest BCUT2D eigenvalue weighted by molar-refractivity contribution is 0.463. The second-order valence-corrected chi connectivity index (χ2v) is 8.12. The number of aryl methyl sites for hydroxylation is 1. The monoisotopic (exact) mass is 312 g/mol. The molecule has 2 aliphatic rings. The number of hydrogen-bond donors (Lipinski definition) is 1. The number of benzene rings is 1. The summed E-state index contributed by atoms with van der Waals surface area (Å²) >= 11 is 0. The van der Waals surface area contributed by atoms with E-state index in [1.54, 1.807) is 14.0 Å². The third-order valence-electron chi connectivity index (χ3n) is 4.20. The summed E-state index contributed by atoms with van der Waals surface area (Å²) in [6.45, 7) is 2.00. The van der Waals surface area contributed by atoms with Crippen molar-refractivity contribution in [3.8, 4) is 0 Å². The van der Waals surface area contributed by atoms with Crippen molar-refractivity contribution < 1.29 is 12.8 Å². The maximum absolute atomic E-state index is 14.2. The van der Waals surface area contributed by atoms with Crippen molar-refractivity contribution >= 4 is 10.0 Å². The first kappa shape index (κ1) is 14.9. The van der Waals surface area contributed by atoms with Gasteiger partial charge in [0.15, 0.2) is 0 Å². The Bertz CT molecular complexity index is 652. The highest BCUT2D eigenvalue weighted by Gasteiger charge is 2.35. The third-order valence-corrected chi connectivity index (χ3v) is 6.09. The Balaban J connectivity index is 1.90. The summed E-state index contributed by atoms with van der Waals surface area (Å²) in [5, 5.41) is 3.24. The minimum atomic E-state index is -3.52. The minimum Gasteiger partial charge on any atom is -0.310 e. The summed E-state index contributed by atoms with van der Waals surface area (Å²) in [7, 11) is -1.92. The van der Waals surface area contributed by atoms with Gasteiger partial charge < -0.3 is 5.32 Å². The lowest BCUT2D eigenvalue weighted by Gasteiger charge is -2.18. The van der Waals surface area contributed by atoms with Crippen LogP contribution in [0.15, 0.2) is 17.0 Å². The maximum atomic E-state index is 14.2. The largest absolute Gasteiger partial charge is 0.310 e. The summed E-state index contributed by atoms with van der Waals surface area (Å²) in [5.41, 5.74) is 0.817. The van der Waals surface area contributed by atoms with E-state index in [1.807, 2.05) is 0 Å². The quantitative estimate of drug-likeness (QED) is 0.876. The molecular weight excluding hydrogens is 291 g/mol. The molecule has 6 heteroatoms. The molecule has 0 saturated heterocycles. The number of hydrogen-bond acceptors (Lipinski definition) is 3. The Kier molecular flexibility index (Phi) is 3.80. The van der Waals surface area contributed by atoms with Crippen molar-refractivity contribution in [2.45, 2.75) is 56.1 Å². The number of halogens is 1. The Morgan fingerprint density at radius 1 is 1.29 bits per heavy atom. The molecule has 0 bridgehead atoms. The lowest BCUT2D eigenvalue weighted by atomic mass is 10.1. The van der Waals surface area contributed by atoms with Gasteiger partial charge in [0.2, 0.25) is 10.0 Å². The summed E-state index contributed by atoms with van der Waals surface area (Å²) in [4.78, 5) is 0.198. The molecule has 1 aromatic rings. The van der Waals surface area contributed by atoms with Crippen LogP contribution < -0.4 is 5.32 Å². The van der Waals surface area contributed by atoms with Crippen molar-refractivity contribution in [1.29, 1.82) is 0 Å². The molecule has 2 saturated carbocycles. The molecule has 2 fully saturated rings. The van der Waals surface area contributed by atoms with E-state index in [-0.39, 0.29) is 16.8 Å². The molecule has 0 atom stereocenters. The Hall–Kier alpha value is -0.980. The molecule has 0 aromatic heterocycles. The third kappa shape index (κ3) is 3.12. The zero-order valence-electron chi connectivity index (χ0n) is 12.4. The molecule has 0 aliphatic heterocycles. The van der Waals surface area contributed by atoms with E-state index in [9.17, 15) is 12.8 Å². The average Bonchev–Trinajstić information content (AvgIpc) is 3.31. The van der Waals surface area contributed by atoms with Crippen LogP contribution in [-0.4, -0.2) is 31.9 Å². The Morgan fingerprint density at radius 3 is 2.52 bits per heavy atom. The van der Waals surface area contributed by atoms with Gasteiger partial charge in [0.25, 0.3) is 0 Å². The molecular formula is C15H21FN2O2S. The summed E-state index contributed by atoms with van der Waals surface area (Å²) in [6, 6.07) is 3.48. The van der Waals surface area contributed by atoms with Crippen LogP contribution in [0.3, 0.4) is 0 Å². The molecule has 0 heterocycles. The molecule has 3 rings (SSSR count). The van der Waals surface area contributed by atoms with Crippen molar-refractivity contribution in [3.05, 3.63) is 29.1 Å². The predicted molar refractivity (Wildman–Crippen MR) is 79.0 cm³/mol. The van der Waals surface area contributed by atoms with E-state index in [1.165, 1.54) is 16.4 Å². The first-order chi connectivity index (χ1) is 9.89. The van der Waals surface area contributed by atoms with Crippen LogP contribution in [0, 0.1) is 12.7 Å². The highest BCUT2D eigenvalue weighted by atomic mass is 32.2. The van der Waals surface area contributed by atoms with Gasteiger partial charge in [-0.2, -0.15) is 4.31 Å². The van der Waals surface area contributed by atoms with Crippen LogP contribution in [0.2, 0.25) is 0 Å². The average molecular weight is 312 g/mol. The fourth-order valence-corrected chi connectivity index (χ4v) is 3.98. The van der Waals surface area contributed by atoms with Gasteiger partial charge in [0, 0.05) is 31.2 Å². The van der Waals surface area contributed by atoms with E-state index in [0.717, 1.165) is 25.7 Å². The molecule has 0 spiro atoms. The van der Waals surface area contributed by atoms with Crippen molar-refractivity contribution in [2.24, 2.45) is 0 Å². The topological polar surface area (TPSA) is 49.4 Å². The van der Waals surface area contributed by atoms with Gasteiger partial charge in [-0.3, -0.25) is 0 Å². The molecule has 1 N–H and O–H groups in total. The van der Waals surface area contributed by atoms with Gasteiger partial charge in [-0.05, 0) is 50.3 Å². The predicted octanol–water partition coefficient (Wildman–Crippen LogP) is 2.17. The minimum absolute atomic E-state index is 0.105. The molecule has 116 valence electrons. The van der Waals surface area contributed by atoms with E-state index in [4.69, 9.17) is 0 Å². The van der Waals surface area contributed by atoms with Crippen molar-refractivity contribution in [1.82, 2.24) is 9.62 Å². The SMILES string of the molecule is Cc1cc(S(=O)(=O)N(C)C2CC2)cc(CNC2CC2)c1F. The first-order valence-electron chi connectivity index (χ1n) is 7.40. The second kappa shape index (κ2) is 5.34. The molecule has 2 aliphatic carbocycles. The van der Waals surface area contributed by atoms with Gasteiger partial charge in [-0.15, -0.1) is 0 Å². The van der Waals surface area contributed by atoms with E-state index < -0.39 is 10.0 Å². The van der Waals surface area contributed by atoms with Gasteiger partial charge >= 0.3 is 0 Å². The van der Waals surface area contributed by atoms with Gasteiger partial charge in [-0.25, -0.2) is 12.8 Å². The fraction of sp³-hybridized carbons (Fsp3) is 0.600. The van der Waals surface area contributed by atoms with Gasteiger partial charge in [0.05, 0.1) is 4.90 Å². The van der Waals surface area contributed by atoms with Gasteiger partial charge in [-0.1, -0.05) is 0 Å². The maximum Gasteiger partial charge on any atom is 0.243 e. The molecule has 0 radical (unpaired) electrons. The van der Waals surface area contributed by atoms with Crippen LogP contribution in [0.4, 0.5) is 4.39 Å². The Morgan fingerprint density at radius 2 is 1.95 bits per heavy atom.